The van der Waals surface area contributed by atoms with Gasteiger partial charge in [-0.05, 0) is 38.1 Å². The third-order valence-corrected chi connectivity index (χ3v) is 4.03. The number of nitrogens with zero attached hydrogens (tertiary/aromatic N) is 1. The van der Waals surface area contributed by atoms with Gasteiger partial charge in [0, 0.05) is 19.1 Å². The van der Waals surface area contributed by atoms with Crippen LogP contribution in [0.3, 0.4) is 0 Å². The van der Waals surface area contributed by atoms with E-state index in [1.54, 1.807) is 0 Å². The minimum absolute atomic E-state index is 0.441. The minimum atomic E-state index is 0.441. The lowest BCUT2D eigenvalue weighted by Crippen LogP contribution is -2.38. The van der Waals surface area contributed by atoms with Crippen molar-refractivity contribution in [3.63, 3.8) is 0 Å². The number of likely N-dealkylation sites (tertiary alicyclic amines) is 1. The number of hydrogen-bond donors (Lipinski definition) is 1. The monoisotopic (exact) mass is 210 g/mol. The molecule has 2 heteroatoms. The molecule has 1 heterocycles. The van der Waals surface area contributed by atoms with Crippen molar-refractivity contribution in [3.8, 4) is 0 Å². The summed E-state index contributed by atoms with van der Waals surface area (Å²) in [5.74, 6) is 0.976. The average Bonchev–Trinajstić information content (AvgIpc) is 2.44. The Hall–Kier alpha value is -0.0800. The molecule has 2 N–H and O–H groups in total. The van der Waals surface area contributed by atoms with Crippen LogP contribution in [0.1, 0.15) is 51.4 Å². The Balaban J connectivity index is 1.76. The average molecular weight is 210 g/mol. The van der Waals surface area contributed by atoms with Crippen molar-refractivity contribution >= 4 is 0 Å². The summed E-state index contributed by atoms with van der Waals surface area (Å²) in [6.07, 6.45) is 11.3. The van der Waals surface area contributed by atoms with Crippen LogP contribution in [0.4, 0.5) is 0 Å². The summed E-state index contributed by atoms with van der Waals surface area (Å²) in [5, 5.41) is 0. The molecule has 1 saturated heterocycles. The van der Waals surface area contributed by atoms with Crippen LogP contribution in [0.25, 0.3) is 0 Å². The molecule has 0 amide bonds. The maximum absolute atomic E-state index is 6.09. The zero-order chi connectivity index (χ0) is 10.5. The second-order valence-corrected chi connectivity index (χ2v) is 5.52. The molecule has 1 aliphatic heterocycles. The lowest BCUT2D eigenvalue weighted by atomic mass is 9.89. The Labute approximate surface area is 94.2 Å². The first-order valence-electron chi connectivity index (χ1n) is 6.82. The van der Waals surface area contributed by atoms with Crippen LogP contribution in [0, 0.1) is 5.92 Å². The van der Waals surface area contributed by atoms with E-state index >= 15 is 0 Å². The largest absolute Gasteiger partial charge is 0.327 e. The van der Waals surface area contributed by atoms with E-state index in [4.69, 9.17) is 5.73 Å². The molecule has 0 aromatic rings. The number of rotatable bonds is 2. The van der Waals surface area contributed by atoms with E-state index in [2.05, 4.69) is 4.90 Å². The van der Waals surface area contributed by atoms with Crippen LogP contribution >= 0.6 is 0 Å². The van der Waals surface area contributed by atoms with Gasteiger partial charge < -0.3 is 10.6 Å². The number of nitrogens with two attached hydrogens (primary N) is 1. The quantitative estimate of drug-likeness (QED) is 0.758. The van der Waals surface area contributed by atoms with E-state index < -0.39 is 0 Å². The second-order valence-electron chi connectivity index (χ2n) is 5.52. The Kier molecular flexibility index (Phi) is 4.45. The van der Waals surface area contributed by atoms with Gasteiger partial charge in [-0.3, -0.25) is 0 Å². The van der Waals surface area contributed by atoms with Crippen LogP contribution in [-0.2, 0) is 0 Å². The van der Waals surface area contributed by atoms with Crippen LogP contribution in [0.2, 0.25) is 0 Å². The van der Waals surface area contributed by atoms with E-state index in [-0.39, 0.29) is 0 Å². The minimum Gasteiger partial charge on any atom is -0.327 e. The molecule has 1 unspecified atom stereocenters. The fourth-order valence-corrected chi connectivity index (χ4v) is 3.16. The lowest BCUT2D eigenvalue weighted by Gasteiger charge is -2.29. The van der Waals surface area contributed by atoms with Gasteiger partial charge in [-0.15, -0.1) is 0 Å². The van der Waals surface area contributed by atoms with Gasteiger partial charge >= 0.3 is 0 Å². The van der Waals surface area contributed by atoms with Gasteiger partial charge in [-0.2, -0.15) is 0 Å². The highest BCUT2D eigenvalue weighted by atomic mass is 15.1. The van der Waals surface area contributed by atoms with Crippen molar-refractivity contribution in [3.05, 3.63) is 0 Å². The molecule has 0 bridgehead atoms. The van der Waals surface area contributed by atoms with Gasteiger partial charge in [-0.1, -0.05) is 25.7 Å². The SMILES string of the molecule is NC1CCCCN(CC2CCCCC2)C1. The maximum Gasteiger partial charge on any atom is 0.0167 e. The Morgan fingerprint density at radius 2 is 1.67 bits per heavy atom. The summed E-state index contributed by atoms with van der Waals surface area (Å²) >= 11 is 0. The predicted octanol–water partition coefficient (Wildman–Crippen LogP) is 2.38. The fourth-order valence-electron chi connectivity index (χ4n) is 3.16. The highest BCUT2D eigenvalue weighted by Gasteiger charge is 2.20. The van der Waals surface area contributed by atoms with Gasteiger partial charge in [0.1, 0.15) is 0 Å². The highest BCUT2D eigenvalue weighted by Crippen LogP contribution is 2.25. The molecule has 0 spiro atoms. The highest BCUT2D eigenvalue weighted by molar-refractivity contribution is 4.76. The van der Waals surface area contributed by atoms with E-state index in [0.717, 1.165) is 12.5 Å². The van der Waals surface area contributed by atoms with Gasteiger partial charge in [0.2, 0.25) is 0 Å². The van der Waals surface area contributed by atoms with E-state index in [0.29, 0.717) is 6.04 Å². The first kappa shape index (κ1) is 11.4. The lowest BCUT2D eigenvalue weighted by molar-refractivity contribution is 0.200. The molecule has 2 fully saturated rings. The second kappa shape index (κ2) is 5.86. The molecular formula is C13H26N2. The standard InChI is InChI=1S/C13H26N2/c14-13-8-4-5-9-15(11-13)10-12-6-2-1-3-7-12/h12-13H,1-11,14H2. The molecule has 88 valence electrons. The first-order chi connectivity index (χ1) is 7.34. The fraction of sp³-hybridized carbons (Fsp3) is 1.00. The molecule has 1 saturated carbocycles. The van der Waals surface area contributed by atoms with Gasteiger partial charge in [0.05, 0.1) is 0 Å². The van der Waals surface area contributed by atoms with Crippen LogP contribution in [0.5, 0.6) is 0 Å². The summed E-state index contributed by atoms with van der Waals surface area (Å²) in [6, 6.07) is 0.441. The third kappa shape index (κ3) is 3.76. The third-order valence-electron chi connectivity index (χ3n) is 4.03. The number of hydrogen-bond acceptors (Lipinski definition) is 2. The molecule has 2 aliphatic rings. The smallest absolute Gasteiger partial charge is 0.0167 e. The van der Waals surface area contributed by atoms with Crippen molar-refractivity contribution in [2.24, 2.45) is 11.7 Å². The molecule has 1 aliphatic carbocycles. The Morgan fingerprint density at radius 1 is 0.933 bits per heavy atom. The molecular weight excluding hydrogens is 184 g/mol. The topological polar surface area (TPSA) is 29.3 Å². The molecule has 0 aromatic carbocycles. The van der Waals surface area contributed by atoms with Crippen molar-refractivity contribution in [1.82, 2.24) is 4.90 Å². The van der Waals surface area contributed by atoms with E-state index in [1.807, 2.05) is 0 Å². The van der Waals surface area contributed by atoms with Gasteiger partial charge in [0.25, 0.3) is 0 Å². The maximum atomic E-state index is 6.09. The van der Waals surface area contributed by atoms with Crippen molar-refractivity contribution in [1.29, 1.82) is 0 Å². The predicted molar refractivity (Wildman–Crippen MR) is 64.8 cm³/mol. The van der Waals surface area contributed by atoms with Crippen LogP contribution in [0.15, 0.2) is 0 Å². The van der Waals surface area contributed by atoms with Gasteiger partial charge in [-0.25, -0.2) is 0 Å². The van der Waals surface area contributed by atoms with Crippen molar-refractivity contribution < 1.29 is 0 Å². The molecule has 0 radical (unpaired) electrons. The van der Waals surface area contributed by atoms with Gasteiger partial charge in [0.15, 0.2) is 0 Å². The summed E-state index contributed by atoms with van der Waals surface area (Å²) in [4.78, 5) is 2.63. The van der Waals surface area contributed by atoms with E-state index in [9.17, 15) is 0 Å². The van der Waals surface area contributed by atoms with E-state index in [1.165, 1.54) is 64.5 Å². The molecule has 0 aromatic heterocycles. The zero-order valence-electron chi connectivity index (χ0n) is 9.96. The van der Waals surface area contributed by atoms with Crippen LogP contribution in [-0.4, -0.2) is 30.6 Å². The van der Waals surface area contributed by atoms with Crippen molar-refractivity contribution in [2.45, 2.75) is 57.4 Å². The Bertz CT molecular complexity index is 175. The van der Waals surface area contributed by atoms with Crippen molar-refractivity contribution in [2.75, 3.05) is 19.6 Å². The van der Waals surface area contributed by atoms with Crippen LogP contribution < -0.4 is 5.73 Å². The summed E-state index contributed by atoms with van der Waals surface area (Å²) in [5.41, 5.74) is 6.09. The Morgan fingerprint density at radius 3 is 2.47 bits per heavy atom. The summed E-state index contributed by atoms with van der Waals surface area (Å²) in [6.45, 7) is 3.77. The normalized spacial score (nSPS) is 31.4. The molecule has 15 heavy (non-hydrogen) atoms. The molecule has 1 atom stereocenters. The molecule has 2 nitrogen and oxygen atoms in total. The zero-order valence-corrected chi connectivity index (χ0v) is 9.96. The summed E-state index contributed by atoms with van der Waals surface area (Å²) < 4.78 is 0. The first-order valence-corrected chi connectivity index (χ1v) is 6.82. The molecule has 2 rings (SSSR count). The summed E-state index contributed by atoms with van der Waals surface area (Å²) in [7, 11) is 0.